The fraction of sp³-hybridized carbons (Fsp3) is 0.500. The first-order valence-electron chi connectivity index (χ1n) is 10.8. The summed E-state index contributed by atoms with van der Waals surface area (Å²) in [5.41, 5.74) is 3.22. The van der Waals surface area contributed by atoms with Gasteiger partial charge in [0.15, 0.2) is 0 Å². The third-order valence-electron chi connectivity index (χ3n) is 6.37. The van der Waals surface area contributed by atoms with E-state index >= 15 is 0 Å². The molecule has 1 aromatic heterocycles. The van der Waals surface area contributed by atoms with Gasteiger partial charge in [-0.3, -0.25) is 14.6 Å². The predicted octanol–water partition coefficient (Wildman–Crippen LogP) is 2.56. The van der Waals surface area contributed by atoms with Gasteiger partial charge in [-0.2, -0.15) is 5.26 Å². The van der Waals surface area contributed by atoms with Crippen LogP contribution in [0.1, 0.15) is 34.7 Å². The number of fused-ring (bicyclic) bond motifs is 4. The van der Waals surface area contributed by atoms with Crippen molar-refractivity contribution < 1.29 is 9.13 Å². The number of likely N-dealkylation sites (tertiary alicyclic amines) is 1. The van der Waals surface area contributed by atoms with Gasteiger partial charge in [0.2, 0.25) is 0 Å². The van der Waals surface area contributed by atoms with Crippen LogP contribution in [0, 0.1) is 23.1 Å². The predicted molar refractivity (Wildman–Crippen MR) is 116 cm³/mol. The third kappa shape index (κ3) is 4.87. The molecule has 3 heterocycles. The van der Waals surface area contributed by atoms with Gasteiger partial charge in [0.25, 0.3) is 5.56 Å². The van der Waals surface area contributed by atoms with Crippen LogP contribution in [0.2, 0.25) is 0 Å². The van der Waals surface area contributed by atoms with E-state index < -0.39 is 0 Å². The molecule has 31 heavy (non-hydrogen) atoms. The molecule has 0 spiro atoms. The van der Waals surface area contributed by atoms with Crippen molar-refractivity contribution in [3.8, 4) is 6.07 Å². The summed E-state index contributed by atoms with van der Waals surface area (Å²) in [7, 11) is 3.68. The van der Waals surface area contributed by atoms with E-state index in [-0.39, 0.29) is 11.4 Å². The second kappa shape index (κ2) is 9.31. The second-order valence-corrected chi connectivity index (χ2v) is 8.88. The van der Waals surface area contributed by atoms with Crippen LogP contribution in [0.3, 0.4) is 0 Å². The molecule has 1 aromatic carbocycles. The van der Waals surface area contributed by atoms with Gasteiger partial charge in [-0.25, -0.2) is 4.39 Å². The molecule has 0 radical (unpaired) electrons. The van der Waals surface area contributed by atoms with Gasteiger partial charge >= 0.3 is 0 Å². The SMILES string of the molecule is COCCN(C)Cc1ccc2n(c1=O)C[C@H]1C[C@@H]2CN(Cc2cc(F)cc(C#N)c2)C1. The molecule has 0 aliphatic carbocycles. The van der Waals surface area contributed by atoms with E-state index in [9.17, 15) is 9.18 Å². The molecular formula is C24H29FN4O2. The zero-order chi connectivity index (χ0) is 22.0. The Bertz CT molecular complexity index is 1040. The number of benzene rings is 1. The van der Waals surface area contributed by atoms with E-state index in [1.54, 1.807) is 13.2 Å². The minimum Gasteiger partial charge on any atom is -0.383 e. The van der Waals surface area contributed by atoms with E-state index in [1.165, 1.54) is 12.1 Å². The van der Waals surface area contributed by atoms with Crippen molar-refractivity contribution in [2.24, 2.45) is 5.92 Å². The number of rotatable bonds is 7. The van der Waals surface area contributed by atoms with Crippen LogP contribution in [-0.2, 0) is 24.4 Å². The van der Waals surface area contributed by atoms with Crippen LogP contribution in [0.5, 0.6) is 0 Å². The van der Waals surface area contributed by atoms with Gasteiger partial charge in [-0.15, -0.1) is 0 Å². The highest BCUT2D eigenvalue weighted by Gasteiger charge is 2.35. The lowest BCUT2D eigenvalue weighted by Gasteiger charge is -2.43. The fourth-order valence-corrected chi connectivity index (χ4v) is 5.02. The Kier molecular flexibility index (Phi) is 6.51. The number of ether oxygens (including phenoxy) is 1. The van der Waals surface area contributed by atoms with Gasteiger partial charge in [0.05, 0.1) is 18.2 Å². The number of methoxy groups -OCH3 is 1. The van der Waals surface area contributed by atoms with E-state index in [1.807, 2.05) is 23.8 Å². The van der Waals surface area contributed by atoms with E-state index in [0.29, 0.717) is 37.1 Å². The van der Waals surface area contributed by atoms with Crippen molar-refractivity contribution in [1.29, 1.82) is 5.26 Å². The van der Waals surface area contributed by atoms with Crippen molar-refractivity contribution in [2.75, 3.05) is 40.4 Å². The Balaban J connectivity index is 1.50. The summed E-state index contributed by atoms with van der Waals surface area (Å²) in [6, 6.07) is 10.7. The smallest absolute Gasteiger partial charge is 0.255 e. The number of likely N-dealkylation sites (N-methyl/N-ethyl adjacent to an activating group) is 1. The molecule has 0 N–H and O–H groups in total. The first kappa shape index (κ1) is 21.7. The van der Waals surface area contributed by atoms with E-state index in [4.69, 9.17) is 10.00 Å². The second-order valence-electron chi connectivity index (χ2n) is 8.88. The Morgan fingerprint density at radius 3 is 2.87 bits per heavy atom. The van der Waals surface area contributed by atoms with Crippen molar-refractivity contribution in [3.63, 3.8) is 0 Å². The summed E-state index contributed by atoms with van der Waals surface area (Å²) in [5, 5.41) is 9.11. The lowest BCUT2D eigenvalue weighted by Crippen LogP contribution is -2.47. The number of nitriles is 1. The Hall–Kier alpha value is -2.53. The average molecular weight is 425 g/mol. The largest absolute Gasteiger partial charge is 0.383 e. The summed E-state index contributed by atoms with van der Waals surface area (Å²) in [6.07, 6.45) is 1.08. The van der Waals surface area contributed by atoms with Gasteiger partial charge in [0.1, 0.15) is 5.82 Å². The normalized spacial score (nSPS) is 20.5. The van der Waals surface area contributed by atoms with Crippen LogP contribution in [0.25, 0.3) is 0 Å². The average Bonchev–Trinajstić information content (AvgIpc) is 2.74. The number of hydrogen-bond donors (Lipinski definition) is 0. The summed E-state index contributed by atoms with van der Waals surface area (Å²) in [5.74, 6) is 0.324. The number of hydrogen-bond acceptors (Lipinski definition) is 5. The van der Waals surface area contributed by atoms with Crippen LogP contribution < -0.4 is 5.56 Å². The fourth-order valence-electron chi connectivity index (χ4n) is 5.02. The topological polar surface area (TPSA) is 61.5 Å². The van der Waals surface area contributed by atoms with Crippen molar-refractivity contribution in [2.45, 2.75) is 32.0 Å². The minimum atomic E-state index is -0.369. The summed E-state index contributed by atoms with van der Waals surface area (Å²) in [4.78, 5) is 17.6. The van der Waals surface area contributed by atoms with Crippen LogP contribution in [0.4, 0.5) is 4.39 Å². The van der Waals surface area contributed by atoms with Crippen LogP contribution in [-0.4, -0.2) is 54.8 Å². The number of pyridine rings is 1. The van der Waals surface area contributed by atoms with Crippen LogP contribution in [0.15, 0.2) is 35.1 Å². The molecular weight excluding hydrogens is 395 g/mol. The molecule has 2 bridgehead atoms. The molecule has 164 valence electrons. The number of piperidine rings is 1. The Labute approximate surface area is 182 Å². The molecule has 0 unspecified atom stereocenters. The number of halogens is 1. The Morgan fingerprint density at radius 2 is 2.10 bits per heavy atom. The molecule has 0 amide bonds. The standard InChI is InChI=1S/C24H29FN4O2/c1-27(5-6-31-2)15-20-3-4-23-21-8-19(14-29(23)24(20)30)13-28(16-21)12-18-7-17(11-26)9-22(25)10-18/h3-4,7,9-10,19,21H,5-6,8,12-16H2,1-2H3/t19-,21+/m0/s1. The van der Waals surface area contributed by atoms with Gasteiger partial charge in [-0.1, -0.05) is 6.07 Å². The lowest BCUT2D eigenvalue weighted by atomic mass is 9.82. The quantitative estimate of drug-likeness (QED) is 0.684. The van der Waals surface area contributed by atoms with Crippen molar-refractivity contribution in [1.82, 2.24) is 14.4 Å². The summed E-state index contributed by atoms with van der Waals surface area (Å²) >= 11 is 0. The molecule has 6 nitrogen and oxygen atoms in total. The van der Waals surface area contributed by atoms with Crippen molar-refractivity contribution >= 4 is 0 Å². The van der Waals surface area contributed by atoms with Gasteiger partial charge < -0.3 is 9.30 Å². The first-order valence-corrected chi connectivity index (χ1v) is 10.8. The molecule has 2 aromatic rings. The molecule has 2 atom stereocenters. The lowest BCUT2D eigenvalue weighted by molar-refractivity contribution is 0.114. The molecule has 4 rings (SSSR count). The summed E-state index contributed by atoms with van der Waals surface area (Å²) < 4.78 is 20.9. The maximum Gasteiger partial charge on any atom is 0.255 e. The minimum absolute atomic E-state index is 0.119. The maximum atomic E-state index is 13.8. The van der Waals surface area contributed by atoms with E-state index in [0.717, 1.165) is 49.4 Å². The maximum absolute atomic E-state index is 13.8. The van der Waals surface area contributed by atoms with E-state index in [2.05, 4.69) is 15.9 Å². The molecule has 0 saturated carbocycles. The zero-order valence-electron chi connectivity index (χ0n) is 18.2. The molecule has 2 aliphatic heterocycles. The van der Waals surface area contributed by atoms with Crippen LogP contribution >= 0.6 is 0 Å². The molecule has 1 fully saturated rings. The summed E-state index contributed by atoms with van der Waals surface area (Å²) in [6.45, 7) is 5.09. The van der Waals surface area contributed by atoms with Gasteiger partial charge in [-0.05, 0) is 49.2 Å². The highest BCUT2D eigenvalue weighted by molar-refractivity contribution is 5.33. The Morgan fingerprint density at radius 1 is 1.26 bits per heavy atom. The zero-order valence-corrected chi connectivity index (χ0v) is 18.2. The molecule has 2 aliphatic rings. The number of aromatic nitrogens is 1. The highest BCUT2D eigenvalue weighted by atomic mass is 19.1. The van der Waals surface area contributed by atoms with Crippen molar-refractivity contribution in [3.05, 3.63) is 68.9 Å². The monoisotopic (exact) mass is 424 g/mol. The highest BCUT2D eigenvalue weighted by Crippen LogP contribution is 2.35. The molecule has 1 saturated heterocycles. The molecule has 7 heteroatoms. The first-order chi connectivity index (χ1) is 15.0. The van der Waals surface area contributed by atoms with Gasteiger partial charge in [0, 0.05) is 63.6 Å². The number of nitrogens with zero attached hydrogens (tertiary/aromatic N) is 4. The third-order valence-corrected chi connectivity index (χ3v) is 6.37.